The number of amides is 2. The van der Waals surface area contributed by atoms with Gasteiger partial charge in [-0.3, -0.25) is 14.7 Å². The highest BCUT2D eigenvalue weighted by Crippen LogP contribution is 2.39. The number of aryl methyl sites for hydroxylation is 1. The second kappa shape index (κ2) is 6.99. The SMILES string of the molecule is Cc1ccc(Br)cc1NC(=O)c1nc[nH]c1C(=O)Nc1cc(C2CC2)[nH]n1. The molecule has 138 valence electrons. The lowest BCUT2D eigenvalue weighted by Crippen LogP contribution is -2.20. The topological polar surface area (TPSA) is 116 Å². The maximum atomic E-state index is 12.6. The highest BCUT2D eigenvalue weighted by atomic mass is 79.9. The average molecular weight is 429 g/mol. The monoisotopic (exact) mass is 428 g/mol. The quantitative estimate of drug-likeness (QED) is 0.496. The Labute approximate surface area is 163 Å². The van der Waals surface area contributed by atoms with Crippen LogP contribution in [0.1, 0.15) is 51.0 Å². The van der Waals surface area contributed by atoms with E-state index in [1.807, 2.05) is 25.1 Å². The van der Waals surface area contributed by atoms with Crippen LogP contribution in [0.2, 0.25) is 0 Å². The molecule has 0 saturated heterocycles. The molecule has 0 radical (unpaired) electrons. The summed E-state index contributed by atoms with van der Waals surface area (Å²) in [5.41, 5.74) is 2.65. The van der Waals surface area contributed by atoms with Gasteiger partial charge in [0, 0.05) is 27.8 Å². The minimum atomic E-state index is -0.475. The van der Waals surface area contributed by atoms with Gasteiger partial charge in [-0.2, -0.15) is 5.10 Å². The summed E-state index contributed by atoms with van der Waals surface area (Å²) in [4.78, 5) is 31.9. The molecule has 0 atom stereocenters. The molecular formula is C18H17BrN6O2. The van der Waals surface area contributed by atoms with Gasteiger partial charge in [0.2, 0.25) is 0 Å². The Hall–Kier alpha value is -2.94. The predicted molar refractivity (Wildman–Crippen MR) is 104 cm³/mol. The zero-order valence-electron chi connectivity index (χ0n) is 14.5. The zero-order chi connectivity index (χ0) is 19.0. The largest absolute Gasteiger partial charge is 0.340 e. The van der Waals surface area contributed by atoms with Crippen molar-refractivity contribution >= 4 is 39.2 Å². The highest BCUT2D eigenvalue weighted by Gasteiger charge is 2.26. The molecule has 0 bridgehead atoms. The van der Waals surface area contributed by atoms with Crippen molar-refractivity contribution in [2.24, 2.45) is 0 Å². The van der Waals surface area contributed by atoms with Crippen molar-refractivity contribution in [2.75, 3.05) is 10.6 Å². The summed E-state index contributed by atoms with van der Waals surface area (Å²) in [6.07, 6.45) is 3.59. The fourth-order valence-corrected chi connectivity index (χ4v) is 3.09. The van der Waals surface area contributed by atoms with Gasteiger partial charge in [0.1, 0.15) is 5.69 Å². The molecule has 0 spiro atoms. The van der Waals surface area contributed by atoms with Crippen molar-refractivity contribution in [3.63, 3.8) is 0 Å². The summed E-state index contributed by atoms with van der Waals surface area (Å²) in [7, 11) is 0. The molecule has 1 aliphatic carbocycles. The molecule has 1 saturated carbocycles. The first-order chi connectivity index (χ1) is 13.0. The van der Waals surface area contributed by atoms with Crippen LogP contribution < -0.4 is 10.6 Å². The fraction of sp³-hybridized carbons (Fsp3) is 0.222. The molecule has 1 fully saturated rings. The summed E-state index contributed by atoms with van der Waals surface area (Å²) in [5, 5.41) is 12.5. The molecule has 2 aromatic heterocycles. The number of benzene rings is 1. The van der Waals surface area contributed by atoms with Gasteiger partial charge in [0.25, 0.3) is 11.8 Å². The van der Waals surface area contributed by atoms with Gasteiger partial charge in [-0.15, -0.1) is 0 Å². The highest BCUT2D eigenvalue weighted by molar-refractivity contribution is 9.10. The van der Waals surface area contributed by atoms with Crippen LogP contribution in [0, 0.1) is 6.92 Å². The van der Waals surface area contributed by atoms with Crippen LogP contribution in [0.25, 0.3) is 0 Å². The number of aromatic nitrogens is 4. The molecule has 8 nitrogen and oxygen atoms in total. The van der Waals surface area contributed by atoms with Gasteiger partial charge < -0.3 is 15.6 Å². The summed E-state index contributed by atoms with van der Waals surface area (Å²) in [6, 6.07) is 7.38. The first-order valence-electron chi connectivity index (χ1n) is 8.49. The van der Waals surface area contributed by atoms with Crippen molar-refractivity contribution in [3.8, 4) is 0 Å². The number of hydrogen-bond donors (Lipinski definition) is 4. The standard InChI is InChI=1S/C18H17BrN6O2/c1-9-2-5-11(19)6-12(9)22-17(26)15-16(21-8-20-15)18(27)23-14-7-13(24-25-14)10-3-4-10/h2,5-8,10H,3-4H2,1H3,(H,20,21)(H,22,26)(H2,23,24,25,27). The number of imidazole rings is 1. The lowest BCUT2D eigenvalue weighted by Gasteiger charge is -2.08. The van der Waals surface area contributed by atoms with E-state index in [1.54, 1.807) is 6.07 Å². The molecule has 1 aromatic carbocycles. The number of rotatable bonds is 5. The van der Waals surface area contributed by atoms with Gasteiger partial charge >= 0.3 is 0 Å². The lowest BCUT2D eigenvalue weighted by molar-refractivity contribution is 0.0985. The molecule has 0 aliphatic heterocycles. The third-order valence-electron chi connectivity index (χ3n) is 4.39. The summed E-state index contributed by atoms with van der Waals surface area (Å²) < 4.78 is 0.841. The smallest absolute Gasteiger partial charge is 0.276 e. The van der Waals surface area contributed by atoms with Crippen molar-refractivity contribution in [1.29, 1.82) is 0 Å². The van der Waals surface area contributed by atoms with Gasteiger partial charge in [-0.25, -0.2) is 4.98 Å². The van der Waals surface area contributed by atoms with E-state index < -0.39 is 11.8 Å². The molecule has 0 unspecified atom stereocenters. The minimum Gasteiger partial charge on any atom is -0.340 e. The predicted octanol–water partition coefficient (Wildman–Crippen LogP) is 3.59. The van der Waals surface area contributed by atoms with Crippen LogP contribution in [0.15, 0.2) is 35.1 Å². The van der Waals surface area contributed by atoms with Crippen molar-refractivity contribution < 1.29 is 9.59 Å². The van der Waals surface area contributed by atoms with Crippen molar-refractivity contribution in [1.82, 2.24) is 20.2 Å². The van der Waals surface area contributed by atoms with E-state index in [1.165, 1.54) is 6.33 Å². The third kappa shape index (κ3) is 3.77. The second-order valence-corrected chi connectivity index (χ2v) is 7.39. The molecule has 4 rings (SSSR count). The van der Waals surface area contributed by atoms with E-state index in [0.717, 1.165) is 28.6 Å². The van der Waals surface area contributed by atoms with Crippen LogP contribution in [0.3, 0.4) is 0 Å². The Kier molecular flexibility index (Phi) is 4.53. The van der Waals surface area contributed by atoms with E-state index in [2.05, 4.69) is 46.7 Å². The zero-order valence-corrected chi connectivity index (χ0v) is 16.1. The molecule has 9 heteroatoms. The van der Waals surface area contributed by atoms with Crippen LogP contribution in [-0.2, 0) is 0 Å². The van der Waals surface area contributed by atoms with E-state index in [4.69, 9.17) is 0 Å². The van der Waals surface area contributed by atoms with Gasteiger partial charge in [-0.05, 0) is 37.5 Å². The Morgan fingerprint density at radius 2 is 2.00 bits per heavy atom. The van der Waals surface area contributed by atoms with Crippen LogP contribution in [0.4, 0.5) is 11.5 Å². The number of halogens is 1. The molecule has 4 N–H and O–H groups in total. The summed E-state index contributed by atoms with van der Waals surface area (Å²) in [6.45, 7) is 1.88. The molecule has 1 aliphatic rings. The first kappa shape index (κ1) is 17.5. The minimum absolute atomic E-state index is 0.0184. The Morgan fingerprint density at radius 3 is 2.78 bits per heavy atom. The number of nitrogens with zero attached hydrogens (tertiary/aromatic N) is 2. The van der Waals surface area contributed by atoms with Gasteiger partial charge in [-0.1, -0.05) is 22.0 Å². The Morgan fingerprint density at radius 1 is 1.19 bits per heavy atom. The number of hydrogen-bond acceptors (Lipinski definition) is 4. The fourth-order valence-electron chi connectivity index (χ4n) is 2.73. The number of aromatic amines is 2. The third-order valence-corrected chi connectivity index (χ3v) is 4.88. The second-order valence-electron chi connectivity index (χ2n) is 6.48. The van der Waals surface area contributed by atoms with E-state index in [9.17, 15) is 9.59 Å². The average Bonchev–Trinajstić information content (AvgIpc) is 3.18. The van der Waals surface area contributed by atoms with Gasteiger partial charge in [0.15, 0.2) is 11.5 Å². The molecule has 27 heavy (non-hydrogen) atoms. The maximum absolute atomic E-state index is 12.6. The normalized spacial score (nSPS) is 13.4. The van der Waals surface area contributed by atoms with E-state index in [0.29, 0.717) is 17.4 Å². The maximum Gasteiger partial charge on any atom is 0.276 e. The Balaban J connectivity index is 1.49. The number of nitrogens with one attached hydrogen (secondary N) is 4. The Bertz CT molecular complexity index is 1020. The van der Waals surface area contributed by atoms with Crippen molar-refractivity contribution in [2.45, 2.75) is 25.7 Å². The van der Waals surface area contributed by atoms with Crippen LogP contribution in [-0.4, -0.2) is 32.0 Å². The molecule has 2 heterocycles. The van der Waals surface area contributed by atoms with Crippen LogP contribution >= 0.6 is 15.9 Å². The van der Waals surface area contributed by atoms with Crippen molar-refractivity contribution in [3.05, 3.63) is 57.7 Å². The number of carbonyl (C=O) groups excluding carboxylic acids is 2. The van der Waals surface area contributed by atoms with E-state index in [-0.39, 0.29) is 11.4 Å². The lowest BCUT2D eigenvalue weighted by atomic mass is 10.2. The first-order valence-corrected chi connectivity index (χ1v) is 9.28. The van der Waals surface area contributed by atoms with E-state index >= 15 is 0 Å². The molecule has 3 aromatic rings. The summed E-state index contributed by atoms with van der Waals surface area (Å²) >= 11 is 3.38. The molecule has 2 amide bonds. The number of carbonyl (C=O) groups is 2. The molecular weight excluding hydrogens is 412 g/mol. The number of H-pyrrole nitrogens is 2. The summed E-state index contributed by atoms with van der Waals surface area (Å²) in [5.74, 6) is -0.0171. The number of anilines is 2. The van der Waals surface area contributed by atoms with Gasteiger partial charge in [0.05, 0.1) is 6.33 Å². The van der Waals surface area contributed by atoms with Crippen LogP contribution in [0.5, 0.6) is 0 Å².